The van der Waals surface area contributed by atoms with Crippen LogP contribution in [0.5, 0.6) is 0 Å². The molecule has 4 nitrogen and oxygen atoms in total. The molecule has 0 N–H and O–H groups in total. The summed E-state index contributed by atoms with van der Waals surface area (Å²) in [5, 5.41) is 0.357. The molecule has 2 aliphatic heterocycles. The summed E-state index contributed by atoms with van der Waals surface area (Å²) in [5.41, 5.74) is 0. The first-order valence-corrected chi connectivity index (χ1v) is 7.74. The molecule has 0 saturated carbocycles. The predicted octanol–water partition coefficient (Wildman–Crippen LogP) is 1.74. The summed E-state index contributed by atoms with van der Waals surface area (Å²) in [4.78, 5) is 6.38. The van der Waals surface area contributed by atoms with Gasteiger partial charge < -0.3 is 4.90 Å². The molecule has 0 atom stereocenters. The second-order valence-corrected chi connectivity index (χ2v) is 7.36. The molecular weight excluding hydrogens is 292 g/mol. The summed E-state index contributed by atoms with van der Waals surface area (Å²) < 4.78 is 24.0. The maximum absolute atomic E-state index is 11.9. The summed E-state index contributed by atoms with van der Waals surface area (Å²) in [6, 6.07) is 0. The monoisotopic (exact) mass is 306 g/mol. The van der Waals surface area contributed by atoms with Gasteiger partial charge in [0.2, 0.25) is 9.84 Å². The Bertz CT molecular complexity index is 434. The fraction of sp³-hybridized carbons (Fsp3) is 0.700. The van der Waals surface area contributed by atoms with Crippen molar-refractivity contribution in [2.75, 3.05) is 19.6 Å². The molecule has 0 unspecified atom stereocenters. The highest BCUT2D eigenvalue weighted by molar-refractivity contribution is 9.14. The van der Waals surface area contributed by atoms with E-state index in [1.807, 2.05) is 0 Å². The number of hydrogen-bond acceptors (Lipinski definition) is 4. The molecule has 0 amide bonds. The van der Waals surface area contributed by atoms with Crippen LogP contribution >= 0.6 is 15.9 Å². The van der Waals surface area contributed by atoms with Gasteiger partial charge >= 0.3 is 0 Å². The Morgan fingerprint density at radius 2 is 2.12 bits per heavy atom. The Morgan fingerprint density at radius 3 is 2.56 bits per heavy atom. The average Bonchev–Trinajstić information content (AvgIpc) is 2.54. The van der Waals surface area contributed by atoms with Crippen LogP contribution in [-0.2, 0) is 9.84 Å². The first-order valence-electron chi connectivity index (χ1n) is 5.46. The number of sulfone groups is 1. The molecule has 2 heterocycles. The van der Waals surface area contributed by atoms with Crippen LogP contribution in [0.1, 0.15) is 19.8 Å². The van der Waals surface area contributed by atoms with Gasteiger partial charge in [0, 0.05) is 5.92 Å². The average molecular weight is 307 g/mol. The Hall–Kier alpha value is -0.200. The zero-order valence-corrected chi connectivity index (χ0v) is 11.6. The lowest BCUT2D eigenvalue weighted by Gasteiger charge is -2.30. The van der Waals surface area contributed by atoms with Crippen molar-refractivity contribution in [2.45, 2.75) is 19.8 Å². The van der Waals surface area contributed by atoms with Crippen molar-refractivity contribution in [3.8, 4) is 0 Å². The van der Waals surface area contributed by atoms with Gasteiger partial charge in [0.25, 0.3) is 0 Å². The van der Waals surface area contributed by atoms with Gasteiger partial charge in [0.05, 0.1) is 6.20 Å². The van der Waals surface area contributed by atoms with Crippen molar-refractivity contribution in [3.63, 3.8) is 0 Å². The van der Waals surface area contributed by atoms with Crippen molar-refractivity contribution in [1.29, 1.82) is 0 Å². The standard InChI is InChI=1S/C10H15BrN2O2S/c1-2-13-5-3-8(4-6-13)10-12-7-9(11)16(10,14)15/h7-8H,2-6H2,1H3. The molecule has 90 valence electrons. The van der Waals surface area contributed by atoms with Gasteiger partial charge in [-0.3, -0.25) is 0 Å². The Kier molecular flexibility index (Phi) is 3.51. The second kappa shape index (κ2) is 4.58. The molecule has 0 aromatic heterocycles. The molecule has 0 bridgehead atoms. The molecule has 0 aromatic carbocycles. The topological polar surface area (TPSA) is 49.7 Å². The van der Waals surface area contributed by atoms with E-state index in [0.29, 0.717) is 5.04 Å². The highest BCUT2D eigenvalue weighted by atomic mass is 79.9. The lowest BCUT2D eigenvalue weighted by molar-refractivity contribution is 0.220. The SMILES string of the molecule is CCN1CCC(C2=NC=C(Br)S2(=O)=O)CC1. The summed E-state index contributed by atoms with van der Waals surface area (Å²) in [5.74, 6) is 0.0964. The van der Waals surface area contributed by atoms with Crippen LogP contribution in [0.3, 0.4) is 0 Å². The lowest BCUT2D eigenvalue weighted by atomic mass is 9.98. The largest absolute Gasteiger partial charge is 0.304 e. The molecule has 6 heteroatoms. The maximum Gasteiger partial charge on any atom is 0.228 e. The summed E-state index contributed by atoms with van der Waals surface area (Å²) in [7, 11) is -3.28. The third kappa shape index (κ3) is 2.10. The number of nitrogens with zero attached hydrogens (tertiary/aromatic N) is 2. The number of hydrogen-bond donors (Lipinski definition) is 0. The molecule has 0 spiro atoms. The number of rotatable bonds is 2. The van der Waals surface area contributed by atoms with Gasteiger partial charge in [-0.2, -0.15) is 0 Å². The minimum Gasteiger partial charge on any atom is -0.304 e. The molecule has 0 radical (unpaired) electrons. The van der Waals surface area contributed by atoms with Crippen LogP contribution in [0.2, 0.25) is 0 Å². The molecule has 0 aromatic rings. The predicted molar refractivity (Wildman–Crippen MR) is 68.2 cm³/mol. The van der Waals surface area contributed by atoms with E-state index < -0.39 is 9.84 Å². The highest BCUT2D eigenvalue weighted by Crippen LogP contribution is 2.30. The van der Waals surface area contributed by atoms with Gasteiger partial charge in [0.15, 0.2) is 0 Å². The quantitative estimate of drug-likeness (QED) is 0.781. The third-order valence-electron chi connectivity index (χ3n) is 3.21. The number of piperidine rings is 1. The molecule has 1 saturated heterocycles. The fourth-order valence-electron chi connectivity index (χ4n) is 2.17. The molecule has 16 heavy (non-hydrogen) atoms. The first kappa shape index (κ1) is 12.3. The lowest BCUT2D eigenvalue weighted by Crippen LogP contribution is -2.37. The Balaban J connectivity index is 2.07. The normalized spacial score (nSPS) is 26.6. The van der Waals surface area contributed by atoms with Crippen molar-refractivity contribution in [1.82, 2.24) is 4.90 Å². The van der Waals surface area contributed by atoms with E-state index >= 15 is 0 Å². The van der Waals surface area contributed by atoms with Crippen LogP contribution in [-0.4, -0.2) is 38.0 Å². The van der Waals surface area contributed by atoms with E-state index in [1.54, 1.807) is 0 Å². The zero-order valence-electron chi connectivity index (χ0n) is 9.19. The van der Waals surface area contributed by atoms with Crippen molar-refractivity contribution in [2.24, 2.45) is 10.9 Å². The fourth-order valence-corrected chi connectivity index (χ4v) is 4.03. The number of halogens is 1. The Morgan fingerprint density at radius 1 is 1.50 bits per heavy atom. The third-order valence-corrected chi connectivity index (χ3v) is 6.30. The van der Waals surface area contributed by atoms with E-state index in [2.05, 4.69) is 32.7 Å². The summed E-state index contributed by atoms with van der Waals surface area (Å²) >= 11 is 3.04. The highest BCUT2D eigenvalue weighted by Gasteiger charge is 2.35. The first-order chi connectivity index (χ1) is 7.55. The van der Waals surface area contributed by atoms with Crippen molar-refractivity contribution >= 4 is 30.8 Å². The van der Waals surface area contributed by atoms with Crippen LogP contribution < -0.4 is 0 Å². The van der Waals surface area contributed by atoms with Gasteiger partial charge in [-0.25, -0.2) is 13.4 Å². The molecule has 1 fully saturated rings. The molecular formula is C10H15BrN2O2S. The molecule has 2 rings (SSSR count). The van der Waals surface area contributed by atoms with Gasteiger partial charge in [-0.1, -0.05) is 6.92 Å². The molecule has 2 aliphatic rings. The van der Waals surface area contributed by atoms with E-state index in [0.717, 1.165) is 32.5 Å². The van der Waals surface area contributed by atoms with Gasteiger partial charge in [-0.05, 0) is 48.4 Å². The maximum atomic E-state index is 11.9. The van der Waals surface area contributed by atoms with Crippen LogP contribution in [0.15, 0.2) is 15.0 Å². The Labute approximate surface area is 104 Å². The van der Waals surface area contributed by atoms with E-state index in [1.165, 1.54) is 6.20 Å². The molecule has 0 aliphatic carbocycles. The minimum atomic E-state index is -3.28. The second-order valence-electron chi connectivity index (χ2n) is 4.11. The van der Waals surface area contributed by atoms with Crippen LogP contribution in [0, 0.1) is 5.92 Å². The zero-order chi connectivity index (χ0) is 11.8. The smallest absolute Gasteiger partial charge is 0.228 e. The van der Waals surface area contributed by atoms with Crippen LogP contribution in [0.25, 0.3) is 0 Å². The van der Waals surface area contributed by atoms with Crippen molar-refractivity contribution < 1.29 is 8.42 Å². The minimum absolute atomic E-state index is 0.0964. The summed E-state index contributed by atoms with van der Waals surface area (Å²) in [6.07, 6.45) is 3.18. The number of likely N-dealkylation sites (tertiary alicyclic amines) is 1. The van der Waals surface area contributed by atoms with E-state index in [9.17, 15) is 8.42 Å². The summed E-state index contributed by atoms with van der Waals surface area (Å²) in [6.45, 7) is 5.09. The van der Waals surface area contributed by atoms with Crippen LogP contribution in [0.4, 0.5) is 0 Å². The van der Waals surface area contributed by atoms with Gasteiger partial charge in [-0.15, -0.1) is 0 Å². The van der Waals surface area contributed by atoms with E-state index in [4.69, 9.17) is 0 Å². The van der Waals surface area contributed by atoms with E-state index in [-0.39, 0.29) is 9.73 Å². The van der Waals surface area contributed by atoms with Gasteiger partial charge in [0.1, 0.15) is 8.86 Å². The van der Waals surface area contributed by atoms with Crippen molar-refractivity contribution in [3.05, 3.63) is 10.0 Å². The number of aliphatic imine (C=N–C) groups is 1.